The molecule has 0 amide bonds. The smallest absolute Gasteiger partial charge is 0.124 e. The van der Waals surface area contributed by atoms with E-state index >= 15 is 0 Å². The maximum absolute atomic E-state index is 4.79. The molecular formula is C22H23N3S. The first kappa shape index (κ1) is 16.1. The molecule has 2 aliphatic carbocycles. The fourth-order valence-electron chi connectivity index (χ4n) is 5.02. The van der Waals surface area contributed by atoms with Gasteiger partial charge in [-0.2, -0.15) is 5.10 Å². The van der Waals surface area contributed by atoms with E-state index in [2.05, 4.69) is 63.1 Å². The molecule has 2 heterocycles. The summed E-state index contributed by atoms with van der Waals surface area (Å²) < 4.78 is 0. The standard InChI is InChI=1S/C22H23N3S/c1-13-18(26-20(23-13)14-8-6-5-7-9-14)17-12-15-16-10-11-22(4,21(16,2)3)19(15)25-24-17/h5-9,12,16H,10-11H2,1-4H3. The highest BCUT2D eigenvalue weighted by molar-refractivity contribution is 7.18. The first-order valence-corrected chi connectivity index (χ1v) is 10.1. The highest BCUT2D eigenvalue weighted by atomic mass is 32.1. The number of nitrogens with zero attached hydrogens (tertiary/aromatic N) is 3. The molecule has 1 fully saturated rings. The number of thiazole rings is 1. The predicted octanol–water partition coefficient (Wildman–Crippen LogP) is 5.75. The summed E-state index contributed by atoms with van der Waals surface area (Å²) in [6, 6.07) is 12.7. The van der Waals surface area contributed by atoms with Gasteiger partial charge in [-0.15, -0.1) is 16.4 Å². The summed E-state index contributed by atoms with van der Waals surface area (Å²) in [5.41, 5.74) is 6.26. The van der Waals surface area contributed by atoms with Crippen molar-refractivity contribution < 1.29 is 0 Å². The summed E-state index contributed by atoms with van der Waals surface area (Å²) in [7, 11) is 0. The molecule has 2 bridgehead atoms. The number of fused-ring (bicyclic) bond motifs is 5. The van der Waals surface area contributed by atoms with Crippen LogP contribution in [0.1, 0.15) is 56.5 Å². The van der Waals surface area contributed by atoms with Crippen LogP contribution in [0.4, 0.5) is 0 Å². The van der Waals surface area contributed by atoms with E-state index in [-0.39, 0.29) is 10.8 Å². The van der Waals surface area contributed by atoms with Crippen LogP contribution in [0.15, 0.2) is 36.4 Å². The van der Waals surface area contributed by atoms with Crippen molar-refractivity contribution in [2.24, 2.45) is 5.41 Å². The number of hydrogen-bond acceptors (Lipinski definition) is 4. The van der Waals surface area contributed by atoms with E-state index in [1.807, 2.05) is 6.07 Å². The van der Waals surface area contributed by atoms with Crippen molar-refractivity contribution in [3.8, 4) is 21.1 Å². The molecule has 2 unspecified atom stereocenters. The molecular weight excluding hydrogens is 338 g/mol. The van der Waals surface area contributed by atoms with Crippen LogP contribution in [-0.4, -0.2) is 15.2 Å². The minimum atomic E-state index is 0.163. The van der Waals surface area contributed by atoms with Crippen LogP contribution in [0.3, 0.4) is 0 Å². The Morgan fingerprint density at radius 3 is 2.62 bits per heavy atom. The molecule has 2 aliphatic rings. The van der Waals surface area contributed by atoms with Crippen molar-refractivity contribution in [2.75, 3.05) is 0 Å². The number of aryl methyl sites for hydroxylation is 1. The Morgan fingerprint density at radius 1 is 1.08 bits per heavy atom. The third-order valence-electron chi connectivity index (χ3n) is 7.00. The van der Waals surface area contributed by atoms with Crippen LogP contribution in [-0.2, 0) is 5.41 Å². The van der Waals surface area contributed by atoms with E-state index < -0.39 is 0 Å². The molecule has 0 radical (unpaired) electrons. The largest absolute Gasteiger partial charge is 0.241 e. The minimum Gasteiger partial charge on any atom is -0.241 e. The zero-order valence-electron chi connectivity index (χ0n) is 15.7. The molecule has 4 heteroatoms. The SMILES string of the molecule is Cc1nc(-c2ccccc2)sc1-c1cc2c(nn1)C1(C)CCC2C1(C)C. The second kappa shape index (κ2) is 5.23. The number of hydrogen-bond donors (Lipinski definition) is 0. The fourth-order valence-corrected chi connectivity index (χ4v) is 6.05. The number of benzene rings is 1. The maximum atomic E-state index is 4.79. The Bertz CT molecular complexity index is 1010. The van der Waals surface area contributed by atoms with Gasteiger partial charge in [0.15, 0.2) is 0 Å². The van der Waals surface area contributed by atoms with Gasteiger partial charge in [-0.05, 0) is 42.7 Å². The molecule has 3 nitrogen and oxygen atoms in total. The first-order chi connectivity index (χ1) is 12.4. The summed E-state index contributed by atoms with van der Waals surface area (Å²) in [5.74, 6) is 0.596. The van der Waals surface area contributed by atoms with Crippen LogP contribution < -0.4 is 0 Å². The van der Waals surface area contributed by atoms with Crippen LogP contribution in [0.2, 0.25) is 0 Å². The lowest BCUT2D eigenvalue weighted by atomic mass is 9.70. The van der Waals surface area contributed by atoms with Crippen molar-refractivity contribution in [1.29, 1.82) is 0 Å². The highest BCUT2D eigenvalue weighted by Crippen LogP contribution is 2.67. The molecule has 5 rings (SSSR count). The van der Waals surface area contributed by atoms with Crippen LogP contribution in [0, 0.1) is 12.3 Å². The van der Waals surface area contributed by atoms with Crippen molar-refractivity contribution >= 4 is 11.3 Å². The van der Waals surface area contributed by atoms with Crippen LogP contribution >= 0.6 is 11.3 Å². The molecule has 0 N–H and O–H groups in total. The van der Waals surface area contributed by atoms with Crippen molar-refractivity contribution in [3.63, 3.8) is 0 Å². The normalized spacial score (nSPS) is 25.5. The van der Waals surface area contributed by atoms with E-state index in [1.165, 1.54) is 24.1 Å². The predicted molar refractivity (Wildman–Crippen MR) is 106 cm³/mol. The summed E-state index contributed by atoms with van der Waals surface area (Å²) in [5, 5.41) is 10.4. The van der Waals surface area contributed by atoms with Gasteiger partial charge in [0.25, 0.3) is 0 Å². The van der Waals surface area contributed by atoms with Gasteiger partial charge >= 0.3 is 0 Å². The molecule has 3 aromatic rings. The van der Waals surface area contributed by atoms with Crippen molar-refractivity contribution in [1.82, 2.24) is 15.2 Å². The molecule has 132 valence electrons. The Labute approximate surface area is 158 Å². The molecule has 1 aromatic carbocycles. The average Bonchev–Trinajstić information content (AvgIpc) is 3.19. The summed E-state index contributed by atoms with van der Waals surface area (Å²) in [6.45, 7) is 9.25. The molecule has 0 spiro atoms. The van der Waals surface area contributed by atoms with Crippen molar-refractivity contribution in [3.05, 3.63) is 53.3 Å². The van der Waals surface area contributed by atoms with Gasteiger partial charge in [-0.3, -0.25) is 0 Å². The van der Waals surface area contributed by atoms with E-state index in [0.717, 1.165) is 26.8 Å². The summed E-state index contributed by atoms with van der Waals surface area (Å²) in [4.78, 5) is 5.94. The molecule has 2 atom stereocenters. The fraction of sp³-hybridized carbons (Fsp3) is 0.409. The quantitative estimate of drug-likeness (QED) is 0.583. The zero-order valence-corrected chi connectivity index (χ0v) is 16.5. The van der Waals surface area contributed by atoms with Gasteiger partial charge in [-0.25, -0.2) is 4.98 Å². The average molecular weight is 362 g/mol. The van der Waals surface area contributed by atoms with E-state index in [9.17, 15) is 0 Å². The van der Waals surface area contributed by atoms with Gasteiger partial charge in [0, 0.05) is 11.0 Å². The zero-order chi connectivity index (χ0) is 18.1. The lowest BCUT2D eigenvalue weighted by Gasteiger charge is -2.33. The van der Waals surface area contributed by atoms with Gasteiger partial charge in [-0.1, -0.05) is 51.1 Å². The lowest BCUT2D eigenvalue weighted by Crippen LogP contribution is -2.32. The van der Waals surface area contributed by atoms with Gasteiger partial charge in [0.05, 0.1) is 16.3 Å². The molecule has 0 saturated heterocycles. The Kier molecular flexibility index (Phi) is 3.24. The van der Waals surface area contributed by atoms with E-state index in [0.29, 0.717) is 5.92 Å². The third-order valence-corrected chi connectivity index (χ3v) is 8.23. The molecule has 26 heavy (non-hydrogen) atoms. The van der Waals surface area contributed by atoms with Gasteiger partial charge in [0.2, 0.25) is 0 Å². The van der Waals surface area contributed by atoms with Crippen LogP contribution in [0.5, 0.6) is 0 Å². The second-order valence-electron chi connectivity index (χ2n) is 8.48. The van der Waals surface area contributed by atoms with Gasteiger partial charge in [0.1, 0.15) is 10.7 Å². The maximum Gasteiger partial charge on any atom is 0.124 e. The second-order valence-corrected chi connectivity index (χ2v) is 9.48. The van der Waals surface area contributed by atoms with Gasteiger partial charge < -0.3 is 0 Å². The minimum absolute atomic E-state index is 0.163. The number of rotatable bonds is 2. The topological polar surface area (TPSA) is 38.7 Å². The molecule has 1 saturated carbocycles. The lowest BCUT2D eigenvalue weighted by molar-refractivity contribution is 0.226. The number of aromatic nitrogens is 3. The molecule has 0 aliphatic heterocycles. The highest BCUT2D eigenvalue weighted by Gasteiger charge is 2.60. The van der Waals surface area contributed by atoms with Crippen molar-refractivity contribution in [2.45, 2.75) is 51.9 Å². The van der Waals surface area contributed by atoms with E-state index in [1.54, 1.807) is 11.3 Å². The third kappa shape index (κ3) is 1.96. The van der Waals surface area contributed by atoms with Crippen LogP contribution in [0.25, 0.3) is 21.1 Å². The Morgan fingerprint density at radius 2 is 1.85 bits per heavy atom. The monoisotopic (exact) mass is 361 g/mol. The Balaban J connectivity index is 1.61. The summed E-state index contributed by atoms with van der Waals surface area (Å²) >= 11 is 1.72. The molecule has 2 aromatic heterocycles. The van der Waals surface area contributed by atoms with E-state index in [4.69, 9.17) is 10.1 Å². The first-order valence-electron chi connectivity index (χ1n) is 9.33. The summed E-state index contributed by atoms with van der Waals surface area (Å²) in [6.07, 6.45) is 2.49. The Hall–Kier alpha value is -2.07.